The number of Topliss-reactive ketones (excluding diaryl/α,β-unsaturated/α-hetero) is 2. The summed E-state index contributed by atoms with van der Waals surface area (Å²) < 4.78 is 6.05. The Balaban J connectivity index is 1.63. The van der Waals surface area contributed by atoms with Gasteiger partial charge in [-0.1, -0.05) is 29.8 Å². The van der Waals surface area contributed by atoms with Gasteiger partial charge >= 0.3 is 0 Å². The van der Waals surface area contributed by atoms with Crippen molar-refractivity contribution in [1.82, 2.24) is 0 Å². The highest BCUT2D eigenvalue weighted by atomic mass is 79.9. The first-order valence-corrected chi connectivity index (χ1v) is 10.4. The van der Waals surface area contributed by atoms with Crippen LogP contribution in [0.4, 0.5) is 0 Å². The molecule has 6 aliphatic carbocycles. The Kier molecular flexibility index (Phi) is 2.79. The monoisotopic (exact) mass is 394 g/mol. The fourth-order valence-electron chi connectivity index (χ4n) is 8.09. The fraction of sp³-hybridized carbons (Fsp3) is 0.900. The van der Waals surface area contributed by atoms with E-state index in [1.807, 2.05) is 7.11 Å². The van der Waals surface area contributed by atoms with Gasteiger partial charge in [0, 0.05) is 23.3 Å². The molecule has 0 aromatic carbocycles. The molecule has 0 unspecified atom stereocenters. The van der Waals surface area contributed by atoms with Crippen molar-refractivity contribution in [3.05, 3.63) is 0 Å². The summed E-state index contributed by atoms with van der Waals surface area (Å²) in [5.41, 5.74) is -1.12. The molecule has 4 heteroatoms. The number of ketones is 2. The predicted molar refractivity (Wildman–Crippen MR) is 93.8 cm³/mol. The van der Waals surface area contributed by atoms with Crippen LogP contribution in [0.1, 0.15) is 52.9 Å². The van der Waals surface area contributed by atoms with E-state index >= 15 is 0 Å². The first-order valence-electron chi connectivity index (χ1n) is 9.47. The molecule has 0 aromatic heterocycles. The highest BCUT2D eigenvalue weighted by Crippen LogP contribution is 2.82. The third kappa shape index (κ3) is 1.31. The Morgan fingerprint density at radius 2 is 1.79 bits per heavy atom. The molecule has 132 valence electrons. The fourth-order valence-corrected chi connectivity index (χ4v) is 8.83. The molecule has 0 N–H and O–H groups in total. The molecule has 6 fully saturated rings. The zero-order valence-electron chi connectivity index (χ0n) is 15.0. The van der Waals surface area contributed by atoms with Crippen LogP contribution in [-0.4, -0.2) is 29.1 Å². The molecule has 1 spiro atoms. The van der Waals surface area contributed by atoms with Crippen molar-refractivity contribution in [2.75, 3.05) is 7.11 Å². The molecule has 6 saturated carbocycles. The summed E-state index contributed by atoms with van der Waals surface area (Å²) in [6.07, 6.45) is 4.92. The Morgan fingerprint density at radius 1 is 1.08 bits per heavy atom. The van der Waals surface area contributed by atoms with Gasteiger partial charge in [-0.25, -0.2) is 0 Å². The van der Waals surface area contributed by atoms with Crippen molar-refractivity contribution < 1.29 is 14.3 Å². The standard InChI is InChI=1S/C20H27BrO3/c1-17-7-6-13(21)19(3,24-4)11(17)5-8-20-12(17)9-10-14(15(20)22)18(10,2)16(20)23/h10-14H,5-9H2,1-4H3/t10-,11+,12+,13+,14-,17-,18-,19+,20+/m1/s1. The summed E-state index contributed by atoms with van der Waals surface area (Å²) in [6.45, 7) is 6.65. The lowest BCUT2D eigenvalue weighted by Crippen LogP contribution is -2.66. The van der Waals surface area contributed by atoms with Gasteiger partial charge in [-0.2, -0.15) is 0 Å². The minimum absolute atomic E-state index is 0.0352. The summed E-state index contributed by atoms with van der Waals surface area (Å²) in [4.78, 5) is 26.9. The van der Waals surface area contributed by atoms with Crippen LogP contribution in [0, 0.1) is 39.9 Å². The molecule has 0 saturated heterocycles. The number of carbonyl (C=O) groups excluding carboxylic acids is 2. The molecule has 0 aliphatic heterocycles. The van der Waals surface area contributed by atoms with Gasteiger partial charge in [0.2, 0.25) is 0 Å². The van der Waals surface area contributed by atoms with Crippen LogP contribution in [0.15, 0.2) is 0 Å². The average molecular weight is 395 g/mol. The Morgan fingerprint density at radius 3 is 2.38 bits per heavy atom. The number of carbonyl (C=O) groups is 2. The van der Waals surface area contributed by atoms with Gasteiger partial charge in [0.15, 0.2) is 11.6 Å². The lowest BCUT2D eigenvalue weighted by Gasteiger charge is -2.64. The molecule has 24 heavy (non-hydrogen) atoms. The van der Waals surface area contributed by atoms with Crippen LogP contribution in [0.2, 0.25) is 0 Å². The van der Waals surface area contributed by atoms with Gasteiger partial charge in [-0.05, 0) is 62.2 Å². The summed E-state index contributed by atoms with van der Waals surface area (Å²) >= 11 is 3.86. The van der Waals surface area contributed by atoms with Crippen LogP contribution < -0.4 is 0 Å². The van der Waals surface area contributed by atoms with Crippen molar-refractivity contribution in [2.24, 2.45) is 39.9 Å². The first kappa shape index (κ1) is 16.0. The van der Waals surface area contributed by atoms with Crippen LogP contribution in [0.3, 0.4) is 0 Å². The van der Waals surface area contributed by atoms with E-state index in [4.69, 9.17) is 4.74 Å². The third-order valence-electron chi connectivity index (χ3n) is 9.52. The molecule has 9 atom stereocenters. The SMILES string of the molecule is CO[C@]1(C)[C@@H](Br)CC[C@@]2(C)[C@@H]3C[C@@H]4[C@@H]5C(=O)[C@@]3(CC[C@@H]21)C(=O)[C@]45C. The average Bonchev–Trinajstić information content (AvgIpc) is 3.14. The molecule has 0 aromatic rings. The van der Waals surface area contributed by atoms with Crippen LogP contribution in [-0.2, 0) is 14.3 Å². The molecular formula is C20H27BrO3. The summed E-state index contributed by atoms with van der Waals surface area (Å²) in [5, 5.41) is 0. The van der Waals surface area contributed by atoms with Crippen molar-refractivity contribution in [3.8, 4) is 0 Å². The van der Waals surface area contributed by atoms with Crippen molar-refractivity contribution >= 4 is 27.5 Å². The Labute approximate surface area is 152 Å². The van der Waals surface area contributed by atoms with E-state index in [1.165, 1.54) is 0 Å². The van der Waals surface area contributed by atoms with E-state index in [1.54, 1.807) is 0 Å². The number of alkyl halides is 1. The van der Waals surface area contributed by atoms with E-state index in [9.17, 15) is 9.59 Å². The molecule has 3 nitrogen and oxygen atoms in total. The van der Waals surface area contributed by atoms with Gasteiger partial charge in [0.1, 0.15) is 0 Å². The number of fused-ring (bicyclic) bond motifs is 1. The zero-order chi connectivity index (χ0) is 17.3. The third-order valence-corrected chi connectivity index (χ3v) is 10.9. The Hall–Kier alpha value is -0.220. The maximum absolute atomic E-state index is 13.3. The van der Waals surface area contributed by atoms with E-state index in [-0.39, 0.29) is 28.3 Å². The largest absolute Gasteiger partial charge is 0.377 e. The quantitative estimate of drug-likeness (QED) is 0.502. The zero-order valence-corrected chi connectivity index (χ0v) is 16.6. The molecule has 4 bridgehead atoms. The lowest BCUT2D eigenvalue weighted by atomic mass is 9.40. The van der Waals surface area contributed by atoms with E-state index < -0.39 is 5.41 Å². The first-order chi connectivity index (χ1) is 11.2. The highest BCUT2D eigenvalue weighted by Gasteiger charge is 2.87. The second kappa shape index (κ2) is 4.19. The summed E-state index contributed by atoms with van der Waals surface area (Å²) in [6, 6.07) is 0. The number of hydrogen-bond donors (Lipinski definition) is 0. The maximum Gasteiger partial charge on any atom is 0.153 e. The molecular weight excluding hydrogens is 368 g/mol. The van der Waals surface area contributed by atoms with E-state index in [0.717, 1.165) is 32.1 Å². The van der Waals surface area contributed by atoms with Gasteiger partial charge in [0.05, 0.1) is 11.0 Å². The van der Waals surface area contributed by atoms with E-state index in [0.29, 0.717) is 28.2 Å². The minimum atomic E-state index is -0.646. The molecule has 0 heterocycles. The second-order valence-corrected chi connectivity index (χ2v) is 10.9. The van der Waals surface area contributed by atoms with Gasteiger partial charge < -0.3 is 4.74 Å². The van der Waals surface area contributed by atoms with Crippen molar-refractivity contribution in [1.29, 1.82) is 0 Å². The number of hydrogen-bond acceptors (Lipinski definition) is 3. The molecule has 6 aliphatic rings. The maximum atomic E-state index is 13.3. The molecule has 0 amide bonds. The smallest absolute Gasteiger partial charge is 0.153 e. The van der Waals surface area contributed by atoms with Crippen LogP contribution in [0.5, 0.6) is 0 Å². The van der Waals surface area contributed by atoms with E-state index in [2.05, 4.69) is 36.7 Å². The summed E-state index contributed by atoms with van der Waals surface area (Å²) in [5.74, 6) is 1.65. The van der Waals surface area contributed by atoms with Crippen LogP contribution in [0.25, 0.3) is 0 Å². The van der Waals surface area contributed by atoms with Crippen molar-refractivity contribution in [2.45, 2.75) is 63.3 Å². The lowest BCUT2D eigenvalue weighted by molar-refractivity contribution is -0.198. The predicted octanol–water partition coefficient (Wildman–Crippen LogP) is 3.78. The number of ether oxygens (including phenoxy) is 1. The Bertz CT molecular complexity index is 676. The second-order valence-electron chi connectivity index (χ2n) is 9.81. The van der Waals surface area contributed by atoms with Gasteiger partial charge in [-0.3, -0.25) is 9.59 Å². The van der Waals surface area contributed by atoms with Crippen molar-refractivity contribution in [3.63, 3.8) is 0 Å². The van der Waals surface area contributed by atoms with Gasteiger partial charge in [0.25, 0.3) is 0 Å². The number of methoxy groups -OCH3 is 1. The normalized spacial score (nSPS) is 63.8. The highest BCUT2D eigenvalue weighted by molar-refractivity contribution is 9.09. The topological polar surface area (TPSA) is 43.4 Å². The number of rotatable bonds is 1. The molecule has 6 rings (SSSR count). The molecule has 0 radical (unpaired) electrons. The van der Waals surface area contributed by atoms with Crippen LogP contribution >= 0.6 is 15.9 Å². The summed E-state index contributed by atoms with van der Waals surface area (Å²) in [7, 11) is 1.82. The van der Waals surface area contributed by atoms with Gasteiger partial charge in [-0.15, -0.1) is 0 Å². The number of halogens is 1. The minimum Gasteiger partial charge on any atom is -0.377 e.